The first kappa shape index (κ1) is 6.39. The highest BCUT2D eigenvalue weighted by molar-refractivity contribution is 5.71. The van der Waals surface area contributed by atoms with Gasteiger partial charge in [-0.1, -0.05) is 5.16 Å². The van der Waals surface area contributed by atoms with E-state index in [2.05, 4.69) is 5.16 Å². The third kappa shape index (κ3) is 0.906. The van der Waals surface area contributed by atoms with Gasteiger partial charge in [-0.3, -0.25) is 4.79 Å². The molecule has 4 heteroatoms. The monoisotopic (exact) mass is 153 g/mol. The van der Waals surface area contributed by atoms with Crippen molar-refractivity contribution in [2.24, 2.45) is 5.92 Å². The maximum atomic E-state index is 10.5. The van der Waals surface area contributed by atoms with Crippen LogP contribution in [0.1, 0.15) is 11.3 Å². The highest BCUT2D eigenvalue weighted by atomic mass is 16.5. The minimum absolute atomic E-state index is 0.299. The third-order valence-corrected chi connectivity index (χ3v) is 1.98. The molecular formula is C7H7NO3. The molecule has 2 rings (SSSR count). The Morgan fingerprint density at radius 1 is 1.73 bits per heavy atom. The molecule has 1 N–H and O–H groups in total. The fourth-order valence-electron chi connectivity index (χ4n) is 1.36. The molecule has 0 aliphatic heterocycles. The molecule has 0 saturated carbocycles. The van der Waals surface area contributed by atoms with Crippen LogP contribution < -0.4 is 0 Å². The summed E-state index contributed by atoms with van der Waals surface area (Å²) in [6, 6.07) is 0. The number of carboxylic acid groups (broad SMARTS) is 1. The third-order valence-electron chi connectivity index (χ3n) is 1.98. The molecule has 1 aliphatic carbocycles. The lowest BCUT2D eigenvalue weighted by Gasteiger charge is -1.98. The van der Waals surface area contributed by atoms with E-state index in [9.17, 15) is 4.79 Å². The Labute approximate surface area is 62.8 Å². The van der Waals surface area contributed by atoms with Gasteiger partial charge in [0.2, 0.25) is 0 Å². The number of aromatic nitrogens is 1. The van der Waals surface area contributed by atoms with E-state index in [-0.39, 0.29) is 5.92 Å². The molecule has 0 radical (unpaired) electrons. The fourth-order valence-corrected chi connectivity index (χ4v) is 1.36. The first-order valence-electron chi connectivity index (χ1n) is 3.42. The zero-order valence-electron chi connectivity index (χ0n) is 5.78. The second-order valence-corrected chi connectivity index (χ2v) is 2.72. The number of hydrogen-bond acceptors (Lipinski definition) is 3. The maximum absolute atomic E-state index is 10.5. The largest absolute Gasteiger partial charge is 0.481 e. The normalized spacial score (nSPS) is 21.6. The van der Waals surface area contributed by atoms with Crippen LogP contribution in [-0.4, -0.2) is 16.2 Å². The van der Waals surface area contributed by atoms with Crippen molar-refractivity contribution in [3.05, 3.63) is 17.5 Å². The highest BCUT2D eigenvalue weighted by Crippen LogP contribution is 2.25. The fraction of sp³-hybridized carbons (Fsp3) is 0.429. The van der Waals surface area contributed by atoms with E-state index in [0.29, 0.717) is 12.8 Å². The second kappa shape index (κ2) is 2.08. The molecule has 0 aromatic carbocycles. The predicted molar refractivity (Wildman–Crippen MR) is 35.0 cm³/mol. The highest BCUT2D eigenvalue weighted by Gasteiger charge is 2.29. The van der Waals surface area contributed by atoms with Crippen molar-refractivity contribution in [2.75, 3.05) is 0 Å². The van der Waals surface area contributed by atoms with E-state index in [1.54, 1.807) is 6.20 Å². The Kier molecular flexibility index (Phi) is 1.21. The molecule has 1 heterocycles. The molecule has 58 valence electrons. The van der Waals surface area contributed by atoms with Gasteiger partial charge in [0, 0.05) is 12.0 Å². The Hall–Kier alpha value is -1.32. The summed E-state index contributed by atoms with van der Waals surface area (Å²) >= 11 is 0. The molecule has 1 aliphatic rings. The smallest absolute Gasteiger partial charge is 0.307 e. The van der Waals surface area contributed by atoms with Crippen LogP contribution in [0.3, 0.4) is 0 Å². The lowest BCUT2D eigenvalue weighted by atomic mass is 10.1. The second-order valence-electron chi connectivity index (χ2n) is 2.72. The maximum Gasteiger partial charge on any atom is 0.307 e. The van der Waals surface area contributed by atoms with Crippen LogP contribution in [0.15, 0.2) is 10.7 Å². The molecule has 0 amide bonds. The predicted octanol–water partition coefficient (Wildman–Crippen LogP) is 0.474. The number of aliphatic carboxylic acids is 1. The van der Waals surface area contributed by atoms with Crippen LogP contribution in [0, 0.1) is 5.92 Å². The van der Waals surface area contributed by atoms with Gasteiger partial charge >= 0.3 is 5.97 Å². The topological polar surface area (TPSA) is 63.3 Å². The molecule has 1 aromatic rings. The van der Waals surface area contributed by atoms with Gasteiger partial charge in [0.1, 0.15) is 5.76 Å². The summed E-state index contributed by atoms with van der Waals surface area (Å²) < 4.78 is 4.84. The van der Waals surface area contributed by atoms with Crippen molar-refractivity contribution in [2.45, 2.75) is 12.8 Å². The van der Waals surface area contributed by atoms with E-state index < -0.39 is 5.97 Å². The van der Waals surface area contributed by atoms with E-state index in [0.717, 1.165) is 11.3 Å². The molecule has 4 nitrogen and oxygen atoms in total. The van der Waals surface area contributed by atoms with Gasteiger partial charge in [-0.15, -0.1) is 0 Å². The Balaban J connectivity index is 2.22. The van der Waals surface area contributed by atoms with Gasteiger partial charge in [0.25, 0.3) is 0 Å². The van der Waals surface area contributed by atoms with Crippen molar-refractivity contribution in [3.8, 4) is 0 Å². The molecule has 0 fully saturated rings. The summed E-state index contributed by atoms with van der Waals surface area (Å²) in [7, 11) is 0. The number of nitrogens with zero attached hydrogens (tertiary/aromatic N) is 1. The van der Waals surface area contributed by atoms with Crippen LogP contribution >= 0.6 is 0 Å². The minimum Gasteiger partial charge on any atom is -0.481 e. The number of carbonyl (C=O) groups is 1. The molecule has 1 aromatic heterocycles. The van der Waals surface area contributed by atoms with Gasteiger partial charge < -0.3 is 9.63 Å². The number of rotatable bonds is 1. The van der Waals surface area contributed by atoms with Gasteiger partial charge in [-0.2, -0.15) is 0 Å². The summed E-state index contributed by atoms with van der Waals surface area (Å²) in [5.74, 6) is -0.319. The molecular weight excluding hydrogens is 146 g/mol. The zero-order valence-corrected chi connectivity index (χ0v) is 5.78. The number of carboxylic acids is 1. The van der Waals surface area contributed by atoms with Gasteiger partial charge in [-0.05, 0) is 6.42 Å². The van der Waals surface area contributed by atoms with Gasteiger partial charge in [-0.25, -0.2) is 0 Å². The van der Waals surface area contributed by atoms with E-state index in [1.165, 1.54) is 0 Å². The molecule has 1 atom stereocenters. The molecule has 0 spiro atoms. The first-order chi connectivity index (χ1) is 5.27. The van der Waals surface area contributed by atoms with Crippen LogP contribution in [0.5, 0.6) is 0 Å². The van der Waals surface area contributed by atoms with Crippen LogP contribution in [0.4, 0.5) is 0 Å². The Bertz CT molecular complexity index is 271. The summed E-state index contributed by atoms with van der Waals surface area (Å²) in [5, 5.41) is 12.2. The quantitative estimate of drug-likeness (QED) is 0.637. The van der Waals surface area contributed by atoms with Crippen LogP contribution in [-0.2, 0) is 17.6 Å². The average Bonchev–Trinajstić information content (AvgIpc) is 2.40. The van der Waals surface area contributed by atoms with E-state index in [4.69, 9.17) is 9.63 Å². The summed E-state index contributed by atoms with van der Waals surface area (Å²) in [5.41, 5.74) is 0.942. The Morgan fingerprint density at radius 3 is 3.18 bits per heavy atom. The van der Waals surface area contributed by atoms with E-state index in [1.807, 2.05) is 0 Å². The standard InChI is InChI=1S/C7H7NO3/c9-7(10)4-1-5-3-8-11-6(5)2-4/h3-4H,1-2H2,(H,9,10)/t4-/m0/s1. The molecule has 11 heavy (non-hydrogen) atoms. The first-order valence-corrected chi connectivity index (χ1v) is 3.42. The number of fused-ring (bicyclic) bond motifs is 1. The Morgan fingerprint density at radius 2 is 2.55 bits per heavy atom. The lowest BCUT2D eigenvalue weighted by Crippen LogP contribution is -2.13. The van der Waals surface area contributed by atoms with Crippen LogP contribution in [0.25, 0.3) is 0 Å². The zero-order chi connectivity index (χ0) is 7.84. The average molecular weight is 153 g/mol. The summed E-state index contributed by atoms with van der Waals surface area (Å²) in [4.78, 5) is 10.5. The van der Waals surface area contributed by atoms with Gasteiger partial charge in [0.05, 0.1) is 12.1 Å². The van der Waals surface area contributed by atoms with Crippen LogP contribution in [0.2, 0.25) is 0 Å². The molecule has 0 bridgehead atoms. The van der Waals surface area contributed by atoms with Gasteiger partial charge in [0.15, 0.2) is 0 Å². The summed E-state index contributed by atoms with van der Waals surface area (Å²) in [6.07, 6.45) is 2.65. The van der Waals surface area contributed by atoms with Crippen molar-refractivity contribution in [1.29, 1.82) is 0 Å². The lowest BCUT2D eigenvalue weighted by molar-refractivity contribution is -0.141. The molecule has 0 saturated heterocycles. The van der Waals surface area contributed by atoms with Crippen molar-refractivity contribution in [1.82, 2.24) is 5.16 Å². The molecule has 0 unspecified atom stereocenters. The SMILES string of the molecule is O=C(O)[C@H]1Cc2cnoc2C1. The van der Waals surface area contributed by atoms with Crippen molar-refractivity contribution >= 4 is 5.97 Å². The minimum atomic E-state index is -0.753. The van der Waals surface area contributed by atoms with E-state index >= 15 is 0 Å². The number of hydrogen-bond donors (Lipinski definition) is 1. The van der Waals surface area contributed by atoms with Crippen molar-refractivity contribution in [3.63, 3.8) is 0 Å². The summed E-state index contributed by atoms with van der Waals surface area (Å²) in [6.45, 7) is 0. The van der Waals surface area contributed by atoms with Crippen molar-refractivity contribution < 1.29 is 14.4 Å².